The molecule has 0 bridgehead atoms. The van der Waals surface area contributed by atoms with Gasteiger partial charge in [-0.1, -0.05) is 35.7 Å². The highest BCUT2D eigenvalue weighted by molar-refractivity contribution is 9.10. The molecule has 1 saturated carbocycles. The molecule has 2 aliphatic rings. The first kappa shape index (κ1) is 13.4. The molecule has 2 nitrogen and oxygen atoms in total. The Morgan fingerprint density at radius 3 is 3.11 bits per heavy atom. The van der Waals surface area contributed by atoms with Gasteiger partial charge in [-0.15, -0.1) is 0 Å². The van der Waals surface area contributed by atoms with Crippen LogP contribution < -0.4 is 4.74 Å². The van der Waals surface area contributed by atoms with Crippen molar-refractivity contribution in [1.82, 2.24) is 0 Å². The van der Waals surface area contributed by atoms with Crippen LogP contribution in [0.2, 0.25) is 0 Å². The van der Waals surface area contributed by atoms with Crippen molar-refractivity contribution in [1.29, 1.82) is 0 Å². The summed E-state index contributed by atoms with van der Waals surface area (Å²) in [6.07, 6.45) is 5.91. The fraction of sp³-hybridized carbons (Fsp3) is 0.625. The van der Waals surface area contributed by atoms with E-state index in [1.165, 1.54) is 17.5 Å². The molecule has 1 heterocycles. The molecule has 1 aliphatic heterocycles. The van der Waals surface area contributed by atoms with Gasteiger partial charge in [0.2, 0.25) is 0 Å². The molecule has 3 rings (SSSR count). The maximum absolute atomic E-state index is 10.8. The molecule has 1 aromatic rings. The van der Waals surface area contributed by atoms with Crippen molar-refractivity contribution >= 4 is 15.9 Å². The number of hydrogen-bond acceptors (Lipinski definition) is 2. The molecule has 0 radical (unpaired) electrons. The van der Waals surface area contributed by atoms with Gasteiger partial charge in [-0.3, -0.25) is 0 Å². The number of fused-ring (bicyclic) bond motifs is 1. The smallest absolute Gasteiger partial charge is 0.125 e. The van der Waals surface area contributed by atoms with Gasteiger partial charge in [0.1, 0.15) is 5.75 Å². The summed E-state index contributed by atoms with van der Waals surface area (Å²) >= 11 is 3.57. The Bertz CT molecular complexity index is 486. The van der Waals surface area contributed by atoms with Crippen LogP contribution in [0.25, 0.3) is 0 Å². The van der Waals surface area contributed by atoms with E-state index in [1.54, 1.807) is 0 Å². The lowest BCUT2D eigenvalue weighted by Crippen LogP contribution is -2.36. The van der Waals surface area contributed by atoms with Crippen LogP contribution in [0.3, 0.4) is 0 Å². The minimum Gasteiger partial charge on any atom is -0.493 e. The van der Waals surface area contributed by atoms with Crippen LogP contribution in [-0.4, -0.2) is 17.3 Å². The predicted molar refractivity (Wildman–Crippen MR) is 79.6 cm³/mol. The van der Waals surface area contributed by atoms with Crippen LogP contribution in [0.1, 0.15) is 43.7 Å². The van der Waals surface area contributed by atoms with Crippen LogP contribution in [-0.2, 0) is 12.8 Å². The average Bonchev–Trinajstić information content (AvgIpc) is 2.75. The number of rotatable bonds is 2. The molecule has 3 heteroatoms. The summed E-state index contributed by atoms with van der Waals surface area (Å²) in [7, 11) is 0. The first-order valence-corrected chi connectivity index (χ1v) is 8.01. The van der Waals surface area contributed by atoms with E-state index in [2.05, 4.69) is 35.0 Å². The summed E-state index contributed by atoms with van der Waals surface area (Å²) in [5.74, 6) is 1.65. The predicted octanol–water partition coefficient (Wildman–Crippen LogP) is 3.87. The number of benzene rings is 1. The van der Waals surface area contributed by atoms with E-state index in [0.717, 1.165) is 48.9 Å². The summed E-state index contributed by atoms with van der Waals surface area (Å²) in [5, 5.41) is 10.8. The fourth-order valence-electron chi connectivity index (χ4n) is 3.62. The van der Waals surface area contributed by atoms with E-state index in [4.69, 9.17) is 4.74 Å². The highest BCUT2D eigenvalue weighted by Crippen LogP contribution is 2.39. The van der Waals surface area contributed by atoms with Crippen LogP contribution in [0, 0.1) is 5.92 Å². The van der Waals surface area contributed by atoms with E-state index >= 15 is 0 Å². The van der Waals surface area contributed by atoms with Crippen molar-refractivity contribution in [3.63, 3.8) is 0 Å². The summed E-state index contributed by atoms with van der Waals surface area (Å²) in [6.45, 7) is 3.01. The zero-order valence-corrected chi connectivity index (χ0v) is 13.0. The highest BCUT2D eigenvalue weighted by Gasteiger charge is 2.34. The molecule has 0 amide bonds. The Morgan fingerprint density at radius 1 is 1.47 bits per heavy atom. The van der Waals surface area contributed by atoms with Crippen LogP contribution in [0.15, 0.2) is 16.6 Å². The molecule has 0 aromatic heterocycles. The number of hydrogen-bond donors (Lipinski definition) is 1. The molecule has 0 saturated heterocycles. The standard InChI is InChI=1S/C16H21BrO2/c1-11-3-2-5-16(18,9-11)10-13-8-14(17)7-12-4-6-19-15(12)13/h7-8,11,18H,2-6,9-10H2,1H3. The van der Waals surface area contributed by atoms with E-state index in [-0.39, 0.29) is 0 Å². The van der Waals surface area contributed by atoms with Gasteiger partial charge < -0.3 is 9.84 Å². The number of aliphatic hydroxyl groups is 1. The maximum atomic E-state index is 10.8. The van der Waals surface area contributed by atoms with Gasteiger partial charge in [-0.2, -0.15) is 0 Å². The SMILES string of the molecule is CC1CCCC(O)(Cc2cc(Br)cc3c2OCC3)C1. The van der Waals surface area contributed by atoms with Gasteiger partial charge in [-0.25, -0.2) is 0 Å². The van der Waals surface area contributed by atoms with Crippen molar-refractivity contribution in [2.75, 3.05) is 6.61 Å². The Morgan fingerprint density at radius 2 is 2.32 bits per heavy atom. The second kappa shape index (κ2) is 5.10. The lowest BCUT2D eigenvalue weighted by atomic mass is 9.75. The first-order valence-electron chi connectivity index (χ1n) is 7.22. The summed E-state index contributed by atoms with van der Waals surface area (Å²) in [6, 6.07) is 4.25. The van der Waals surface area contributed by atoms with Crippen molar-refractivity contribution in [2.45, 2.75) is 51.0 Å². The van der Waals surface area contributed by atoms with Gasteiger partial charge >= 0.3 is 0 Å². The zero-order valence-electron chi connectivity index (χ0n) is 11.4. The van der Waals surface area contributed by atoms with Crippen molar-refractivity contribution in [2.24, 2.45) is 5.92 Å². The van der Waals surface area contributed by atoms with Crippen LogP contribution in [0.4, 0.5) is 0 Å². The Labute approximate surface area is 123 Å². The van der Waals surface area contributed by atoms with Gasteiger partial charge in [-0.05, 0) is 42.0 Å². The molecular weight excluding hydrogens is 304 g/mol. The topological polar surface area (TPSA) is 29.5 Å². The van der Waals surface area contributed by atoms with E-state index in [9.17, 15) is 5.11 Å². The summed E-state index contributed by atoms with van der Waals surface area (Å²) in [5.41, 5.74) is 1.90. The summed E-state index contributed by atoms with van der Waals surface area (Å²) < 4.78 is 6.86. The third-order valence-electron chi connectivity index (χ3n) is 4.41. The van der Waals surface area contributed by atoms with Crippen molar-refractivity contribution in [3.8, 4) is 5.75 Å². The molecule has 2 atom stereocenters. The fourth-order valence-corrected chi connectivity index (χ4v) is 4.18. The van der Waals surface area contributed by atoms with Gasteiger partial charge in [0.25, 0.3) is 0 Å². The Hall–Kier alpha value is -0.540. The van der Waals surface area contributed by atoms with Gasteiger partial charge in [0.05, 0.1) is 12.2 Å². The minimum absolute atomic E-state index is 0.543. The highest BCUT2D eigenvalue weighted by atomic mass is 79.9. The lowest BCUT2D eigenvalue weighted by Gasteiger charge is -2.36. The molecule has 1 aromatic carbocycles. The second-order valence-corrected chi connectivity index (χ2v) is 7.17. The lowest BCUT2D eigenvalue weighted by molar-refractivity contribution is -0.0127. The number of halogens is 1. The minimum atomic E-state index is -0.543. The molecule has 2 unspecified atom stereocenters. The third-order valence-corrected chi connectivity index (χ3v) is 4.87. The largest absolute Gasteiger partial charge is 0.493 e. The molecule has 0 spiro atoms. The average molecular weight is 325 g/mol. The second-order valence-electron chi connectivity index (χ2n) is 6.25. The van der Waals surface area contributed by atoms with Crippen molar-refractivity contribution in [3.05, 3.63) is 27.7 Å². The Kier molecular flexibility index (Phi) is 3.61. The van der Waals surface area contributed by atoms with Crippen molar-refractivity contribution < 1.29 is 9.84 Å². The zero-order chi connectivity index (χ0) is 13.5. The molecule has 1 fully saturated rings. The molecular formula is C16H21BrO2. The van der Waals surface area contributed by atoms with E-state index in [0.29, 0.717) is 5.92 Å². The van der Waals surface area contributed by atoms with Crippen LogP contribution >= 0.6 is 15.9 Å². The monoisotopic (exact) mass is 324 g/mol. The molecule has 19 heavy (non-hydrogen) atoms. The third kappa shape index (κ3) is 2.82. The quantitative estimate of drug-likeness (QED) is 0.894. The van der Waals surface area contributed by atoms with Crippen LogP contribution in [0.5, 0.6) is 5.75 Å². The first-order chi connectivity index (χ1) is 9.06. The number of ether oxygens (including phenoxy) is 1. The van der Waals surface area contributed by atoms with E-state index < -0.39 is 5.60 Å². The normalized spacial score (nSPS) is 29.9. The summed E-state index contributed by atoms with van der Waals surface area (Å²) in [4.78, 5) is 0. The van der Waals surface area contributed by atoms with Gasteiger partial charge in [0, 0.05) is 17.3 Å². The van der Waals surface area contributed by atoms with E-state index in [1.807, 2.05) is 0 Å². The molecule has 1 aliphatic carbocycles. The van der Waals surface area contributed by atoms with Gasteiger partial charge in [0.15, 0.2) is 0 Å². The Balaban J connectivity index is 1.87. The molecule has 1 N–H and O–H groups in total. The molecule has 104 valence electrons. The maximum Gasteiger partial charge on any atom is 0.125 e.